The highest BCUT2D eigenvalue weighted by atomic mass is 16.5. The fourth-order valence-corrected chi connectivity index (χ4v) is 4.71. The Hall–Kier alpha value is -4.51. The van der Waals surface area contributed by atoms with E-state index in [2.05, 4.69) is 31.6 Å². The molecule has 1 fully saturated rings. The molecule has 0 aliphatic carbocycles. The normalized spacial score (nSPS) is 14.1. The smallest absolute Gasteiger partial charge is 0.180 e. The maximum atomic E-state index is 5.52. The third kappa shape index (κ3) is 4.88. The van der Waals surface area contributed by atoms with Gasteiger partial charge in [-0.05, 0) is 38.1 Å². The number of benzene rings is 1. The number of pyridine rings is 1. The molecule has 0 amide bonds. The molecule has 5 aromatic rings. The van der Waals surface area contributed by atoms with Crippen molar-refractivity contribution in [2.24, 2.45) is 0 Å². The van der Waals surface area contributed by atoms with E-state index in [9.17, 15) is 0 Å². The van der Waals surface area contributed by atoms with Gasteiger partial charge in [0.15, 0.2) is 5.65 Å². The molecule has 6 rings (SSSR count). The minimum atomic E-state index is 0.401. The van der Waals surface area contributed by atoms with Gasteiger partial charge in [-0.2, -0.15) is 5.10 Å². The van der Waals surface area contributed by atoms with E-state index >= 15 is 0 Å². The zero-order valence-corrected chi connectivity index (χ0v) is 21.3. The summed E-state index contributed by atoms with van der Waals surface area (Å²) in [7, 11) is 3.27. The fraction of sp³-hybridized carbons (Fsp3) is 0.296. The number of H-pyrrole nitrogens is 1. The first-order chi connectivity index (χ1) is 18.7. The van der Waals surface area contributed by atoms with Crippen LogP contribution in [0.5, 0.6) is 11.5 Å². The van der Waals surface area contributed by atoms with Gasteiger partial charge in [-0.1, -0.05) is 0 Å². The van der Waals surface area contributed by atoms with Gasteiger partial charge in [0.1, 0.15) is 28.7 Å². The van der Waals surface area contributed by atoms with Crippen molar-refractivity contribution in [3.8, 4) is 22.8 Å². The van der Waals surface area contributed by atoms with Crippen molar-refractivity contribution < 1.29 is 9.47 Å². The number of aromatic amines is 1. The highest BCUT2D eigenvalue weighted by Crippen LogP contribution is 2.34. The number of nitrogens with zero attached hydrogens (tertiary/aromatic N) is 7. The third-order valence-electron chi connectivity index (χ3n) is 6.76. The van der Waals surface area contributed by atoms with Crippen LogP contribution in [0.1, 0.15) is 24.7 Å². The van der Waals surface area contributed by atoms with E-state index in [1.54, 1.807) is 32.8 Å². The standard InChI is InChI=1S/C27H29N9O2/c1-37-21-11-20(12-22(13-21)38-2)35(17-25-29-9-10-30-25)26-4-3-23-27(34-26)33-24(15-31-23)18-14-32-36(16-18)19-5-7-28-8-6-19/h3-4,9-16,19,28H,5-8,17H2,1-2H3,(H,29,30). The van der Waals surface area contributed by atoms with Crippen LogP contribution in [-0.2, 0) is 6.54 Å². The zero-order chi connectivity index (χ0) is 25.9. The van der Waals surface area contributed by atoms with Crippen LogP contribution in [0.2, 0.25) is 0 Å². The number of anilines is 2. The highest BCUT2D eigenvalue weighted by Gasteiger charge is 2.19. The molecule has 5 heterocycles. The maximum absolute atomic E-state index is 5.52. The Morgan fingerprint density at radius 1 is 1.00 bits per heavy atom. The summed E-state index contributed by atoms with van der Waals surface area (Å²) in [6, 6.07) is 9.98. The lowest BCUT2D eigenvalue weighted by Crippen LogP contribution is -2.29. The Kier molecular flexibility index (Phi) is 6.57. The molecule has 11 heteroatoms. The Morgan fingerprint density at radius 3 is 2.55 bits per heavy atom. The second-order valence-electron chi connectivity index (χ2n) is 9.15. The number of fused-ring (bicyclic) bond motifs is 1. The number of ether oxygens (including phenoxy) is 2. The third-order valence-corrected chi connectivity index (χ3v) is 6.76. The summed E-state index contributed by atoms with van der Waals surface area (Å²) in [6.45, 7) is 2.48. The molecule has 2 N–H and O–H groups in total. The van der Waals surface area contributed by atoms with Crippen molar-refractivity contribution in [3.05, 3.63) is 67.1 Å². The first kappa shape index (κ1) is 23.9. The lowest BCUT2D eigenvalue weighted by Gasteiger charge is -2.24. The van der Waals surface area contributed by atoms with Crippen molar-refractivity contribution in [2.45, 2.75) is 25.4 Å². The van der Waals surface area contributed by atoms with Crippen molar-refractivity contribution in [3.63, 3.8) is 0 Å². The highest BCUT2D eigenvalue weighted by molar-refractivity contribution is 5.77. The van der Waals surface area contributed by atoms with Crippen LogP contribution in [0, 0.1) is 0 Å². The predicted octanol–water partition coefficient (Wildman–Crippen LogP) is 3.89. The van der Waals surface area contributed by atoms with Crippen LogP contribution in [-0.4, -0.2) is 62.0 Å². The summed E-state index contributed by atoms with van der Waals surface area (Å²) in [5.41, 5.74) is 3.77. The van der Waals surface area contributed by atoms with Gasteiger partial charge in [0.2, 0.25) is 0 Å². The lowest BCUT2D eigenvalue weighted by atomic mass is 10.1. The molecule has 0 saturated carbocycles. The summed E-state index contributed by atoms with van der Waals surface area (Å²) in [5, 5.41) is 8.01. The summed E-state index contributed by atoms with van der Waals surface area (Å²) < 4.78 is 13.1. The van der Waals surface area contributed by atoms with E-state index < -0.39 is 0 Å². The van der Waals surface area contributed by atoms with E-state index in [1.165, 1.54) is 0 Å². The Morgan fingerprint density at radius 2 is 1.82 bits per heavy atom. The van der Waals surface area contributed by atoms with Crippen LogP contribution in [0.3, 0.4) is 0 Å². The molecule has 1 aliphatic rings. The molecule has 0 unspecified atom stereocenters. The number of piperidine rings is 1. The van der Waals surface area contributed by atoms with Gasteiger partial charge < -0.3 is 24.7 Å². The van der Waals surface area contributed by atoms with Crippen LogP contribution >= 0.6 is 0 Å². The topological polar surface area (TPSA) is 119 Å². The van der Waals surface area contributed by atoms with Gasteiger partial charge in [-0.15, -0.1) is 0 Å². The summed E-state index contributed by atoms with van der Waals surface area (Å²) in [5.74, 6) is 2.84. The van der Waals surface area contributed by atoms with Gasteiger partial charge in [0.25, 0.3) is 0 Å². The number of aromatic nitrogens is 7. The Balaban J connectivity index is 1.37. The molecule has 0 bridgehead atoms. The molecular weight excluding hydrogens is 482 g/mol. The Bertz CT molecular complexity index is 1500. The molecule has 0 spiro atoms. The number of imidazole rings is 1. The largest absolute Gasteiger partial charge is 0.497 e. The molecule has 1 aromatic carbocycles. The van der Waals surface area contributed by atoms with Crippen molar-refractivity contribution in [1.82, 2.24) is 40.0 Å². The van der Waals surface area contributed by atoms with Crippen molar-refractivity contribution in [2.75, 3.05) is 32.2 Å². The van der Waals surface area contributed by atoms with E-state index in [-0.39, 0.29) is 0 Å². The van der Waals surface area contributed by atoms with E-state index in [0.717, 1.165) is 48.7 Å². The van der Waals surface area contributed by atoms with Crippen LogP contribution in [0.4, 0.5) is 11.5 Å². The van der Waals surface area contributed by atoms with Crippen LogP contribution in [0.25, 0.3) is 22.4 Å². The molecule has 0 radical (unpaired) electrons. The molecule has 11 nitrogen and oxygen atoms in total. The zero-order valence-electron chi connectivity index (χ0n) is 21.3. The first-order valence-corrected chi connectivity index (χ1v) is 12.6. The van der Waals surface area contributed by atoms with Gasteiger partial charge in [-0.25, -0.2) is 15.0 Å². The SMILES string of the molecule is COc1cc(OC)cc(N(Cc2ncc[nH]2)c2ccc3ncc(-c4cnn(C5CCNCC5)c4)nc3n2)c1. The molecule has 1 aliphatic heterocycles. The van der Waals surface area contributed by atoms with Crippen molar-refractivity contribution in [1.29, 1.82) is 0 Å². The molecule has 4 aromatic heterocycles. The van der Waals surface area contributed by atoms with Gasteiger partial charge in [0, 0.05) is 42.4 Å². The van der Waals surface area contributed by atoms with E-state index in [0.29, 0.717) is 41.1 Å². The number of nitrogens with one attached hydrogen (secondary N) is 2. The first-order valence-electron chi connectivity index (χ1n) is 12.6. The summed E-state index contributed by atoms with van der Waals surface area (Å²) in [4.78, 5) is 24.1. The van der Waals surface area contributed by atoms with Crippen LogP contribution in [0.15, 0.2) is 61.3 Å². The van der Waals surface area contributed by atoms with Crippen LogP contribution < -0.4 is 19.7 Å². The van der Waals surface area contributed by atoms with Gasteiger partial charge in [-0.3, -0.25) is 9.67 Å². The van der Waals surface area contributed by atoms with E-state index in [1.807, 2.05) is 46.1 Å². The van der Waals surface area contributed by atoms with Gasteiger partial charge >= 0.3 is 0 Å². The van der Waals surface area contributed by atoms with Crippen molar-refractivity contribution >= 4 is 22.7 Å². The number of hydrogen-bond donors (Lipinski definition) is 2. The molecule has 194 valence electrons. The second kappa shape index (κ2) is 10.5. The quantitative estimate of drug-likeness (QED) is 0.320. The molecule has 38 heavy (non-hydrogen) atoms. The lowest BCUT2D eigenvalue weighted by molar-refractivity contribution is 0.343. The second-order valence-corrected chi connectivity index (χ2v) is 9.15. The monoisotopic (exact) mass is 511 g/mol. The molecular formula is C27H29N9O2. The summed E-state index contributed by atoms with van der Waals surface area (Å²) in [6.07, 6.45) is 11.4. The average molecular weight is 512 g/mol. The maximum Gasteiger partial charge on any atom is 0.180 e. The minimum Gasteiger partial charge on any atom is -0.497 e. The fourth-order valence-electron chi connectivity index (χ4n) is 4.71. The van der Waals surface area contributed by atoms with Gasteiger partial charge in [0.05, 0.1) is 50.6 Å². The summed E-state index contributed by atoms with van der Waals surface area (Å²) >= 11 is 0. The average Bonchev–Trinajstić information content (AvgIpc) is 3.68. The van der Waals surface area contributed by atoms with E-state index in [4.69, 9.17) is 19.4 Å². The number of rotatable bonds is 8. The predicted molar refractivity (Wildman–Crippen MR) is 144 cm³/mol. The molecule has 0 atom stereocenters. The Labute approximate surface area is 219 Å². The minimum absolute atomic E-state index is 0.401. The number of hydrogen-bond acceptors (Lipinski definition) is 9. The number of methoxy groups -OCH3 is 2. The molecule has 1 saturated heterocycles.